The van der Waals surface area contributed by atoms with Crippen LogP contribution in [0.5, 0.6) is 0 Å². The Bertz CT molecular complexity index is 903. The molecule has 0 saturated carbocycles. The summed E-state index contributed by atoms with van der Waals surface area (Å²) in [7, 11) is -4.00. The molecule has 0 aliphatic rings. The lowest BCUT2D eigenvalue weighted by molar-refractivity contribution is -0.123. The normalized spacial score (nSPS) is 11.5. The molecule has 0 spiro atoms. The Morgan fingerprint density at radius 3 is 2.17 bits per heavy atom. The van der Waals surface area contributed by atoms with Crippen molar-refractivity contribution in [3.05, 3.63) is 27.7 Å². The molecule has 1 aromatic rings. The van der Waals surface area contributed by atoms with Gasteiger partial charge in [0.05, 0.1) is 15.6 Å². The minimum atomic E-state index is -4.00. The summed E-state index contributed by atoms with van der Waals surface area (Å²) in [5.41, 5.74) is -0.289. The van der Waals surface area contributed by atoms with Gasteiger partial charge in [0.2, 0.25) is 10.0 Å². The number of urea groups is 1. The first-order valence-electron chi connectivity index (χ1n) is 9.07. The van der Waals surface area contributed by atoms with Gasteiger partial charge in [-0.1, -0.05) is 50.9 Å². The molecule has 9 nitrogen and oxygen atoms in total. The summed E-state index contributed by atoms with van der Waals surface area (Å²) in [6, 6.07) is 1.35. The van der Waals surface area contributed by atoms with Gasteiger partial charge >= 0.3 is 12.0 Å². The number of amides is 3. The highest BCUT2D eigenvalue weighted by Crippen LogP contribution is 2.29. The van der Waals surface area contributed by atoms with Gasteiger partial charge in [-0.25, -0.2) is 22.7 Å². The molecule has 12 heteroatoms. The van der Waals surface area contributed by atoms with E-state index in [2.05, 4.69) is 10.0 Å². The van der Waals surface area contributed by atoms with Crippen LogP contribution in [-0.4, -0.2) is 46.0 Å². The van der Waals surface area contributed by atoms with E-state index in [0.29, 0.717) is 6.54 Å². The number of rotatable bonds is 9. The minimum absolute atomic E-state index is 0.0477. The largest absolute Gasteiger partial charge is 0.452 e. The molecule has 0 heterocycles. The molecule has 0 aromatic heterocycles. The lowest BCUT2D eigenvalue weighted by Crippen LogP contribution is -2.42. The van der Waals surface area contributed by atoms with Crippen LogP contribution in [0.15, 0.2) is 17.0 Å². The SMILES string of the molecule is CC(C)CNC(=O)NC(=O)COC(=O)c1cc(S(=O)(=O)NCC(C)C)c(Cl)cc1Cl. The molecule has 0 fully saturated rings. The lowest BCUT2D eigenvalue weighted by atomic mass is 10.2. The van der Waals surface area contributed by atoms with Crippen LogP contribution in [0.2, 0.25) is 10.0 Å². The number of ether oxygens (including phenoxy) is 1. The van der Waals surface area contributed by atoms with Crippen molar-refractivity contribution >= 4 is 51.1 Å². The molecular formula is C18H25Cl2N3O6S. The summed E-state index contributed by atoms with van der Waals surface area (Å²) in [4.78, 5) is 35.2. The predicted octanol–water partition coefficient (Wildman–Crippen LogP) is 2.57. The number of sulfonamides is 1. The summed E-state index contributed by atoms with van der Waals surface area (Å²) >= 11 is 12.0. The highest BCUT2D eigenvalue weighted by Gasteiger charge is 2.24. The molecular weight excluding hydrogens is 457 g/mol. The molecule has 0 unspecified atom stereocenters. The third-order valence-corrected chi connectivity index (χ3v) is 5.67. The van der Waals surface area contributed by atoms with Gasteiger partial charge in [-0.15, -0.1) is 0 Å². The lowest BCUT2D eigenvalue weighted by Gasteiger charge is -2.13. The molecule has 3 amide bonds. The van der Waals surface area contributed by atoms with Crippen LogP contribution in [0, 0.1) is 11.8 Å². The van der Waals surface area contributed by atoms with Crippen LogP contribution < -0.4 is 15.4 Å². The first kappa shape index (κ1) is 26.2. The summed E-state index contributed by atoms with van der Waals surface area (Å²) in [5.74, 6) is -1.67. The van der Waals surface area contributed by atoms with Crippen molar-refractivity contribution in [3.8, 4) is 0 Å². The van der Waals surface area contributed by atoms with Crippen LogP contribution in [0.4, 0.5) is 4.79 Å². The number of esters is 1. The molecule has 0 saturated heterocycles. The molecule has 168 valence electrons. The number of carbonyl (C=O) groups excluding carboxylic acids is 3. The average molecular weight is 482 g/mol. The van der Waals surface area contributed by atoms with Gasteiger partial charge in [-0.05, 0) is 24.0 Å². The second kappa shape index (κ2) is 11.5. The summed E-state index contributed by atoms with van der Waals surface area (Å²) < 4.78 is 32.1. The van der Waals surface area contributed by atoms with Crippen LogP contribution in [0.25, 0.3) is 0 Å². The van der Waals surface area contributed by atoms with Gasteiger partial charge in [-0.3, -0.25) is 10.1 Å². The Kier molecular flexibility index (Phi) is 10.0. The van der Waals surface area contributed by atoms with Gasteiger partial charge in [0.25, 0.3) is 5.91 Å². The number of hydrogen-bond donors (Lipinski definition) is 3. The van der Waals surface area contributed by atoms with E-state index < -0.39 is 34.5 Å². The van der Waals surface area contributed by atoms with E-state index >= 15 is 0 Å². The Morgan fingerprint density at radius 2 is 1.60 bits per heavy atom. The average Bonchev–Trinajstić information content (AvgIpc) is 2.62. The molecule has 30 heavy (non-hydrogen) atoms. The van der Waals surface area contributed by atoms with E-state index in [4.69, 9.17) is 27.9 Å². The Morgan fingerprint density at radius 1 is 1.00 bits per heavy atom. The van der Waals surface area contributed by atoms with Crippen LogP contribution in [0.1, 0.15) is 38.1 Å². The van der Waals surface area contributed by atoms with Gasteiger partial charge < -0.3 is 10.1 Å². The van der Waals surface area contributed by atoms with E-state index in [1.165, 1.54) is 0 Å². The zero-order valence-electron chi connectivity index (χ0n) is 17.0. The molecule has 0 atom stereocenters. The fourth-order valence-corrected chi connectivity index (χ4v) is 4.02. The molecule has 3 N–H and O–H groups in total. The third-order valence-electron chi connectivity index (χ3n) is 3.47. The number of nitrogens with one attached hydrogen (secondary N) is 3. The standard InChI is InChI=1S/C18H25Cl2N3O6S/c1-10(2)7-21-18(26)23-16(24)9-29-17(25)12-5-15(14(20)6-13(12)19)30(27,28)22-8-11(3)4/h5-6,10-11,22H,7-9H2,1-4H3,(H2,21,23,24,26). The highest BCUT2D eigenvalue weighted by atomic mass is 35.5. The number of halogens is 2. The molecule has 1 aromatic carbocycles. The van der Waals surface area contributed by atoms with Crippen molar-refractivity contribution in [2.24, 2.45) is 11.8 Å². The number of imide groups is 1. The molecule has 0 radical (unpaired) electrons. The maximum absolute atomic E-state index is 12.4. The van der Waals surface area contributed by atoms with Gasteiger partial charge in [-0.2, -0.15) is 0 Å². The Balaban J connectivity index is 2.85. The maximum atomic E-state index is 12.4. The van der Waals surface area contributed by atoms with Gasteiger partial charge in [0.15, 0.2) is 6.61 Å². The fraction of sp³-hybridized carbons (Fsp3) is 0.500. The van der Waals surface area contributed by atoms with Gasteiger partial charge in [0.1, 0.15) is 4.90 Å². The number of carbonyl (C=O) groups is 3. The second-order valence-corrected chi connectivity index (χ2v) is 9.79. The highest BCUT2D eigenvalue weighted by molar-refractivity contribution is 7.89. The zero-order valence-corrected chi connectivity index (χ0v) is 19.4. The van der Waals surface area contributed by atoms with Crippen LogP contribution in [-0.2, 0) is 19.6 Å². The van der Waals surface area contributed by atoms with Crippen molar-refractivity contribution in [1.29, 1.82) is 0 Å². The summed E-state index contributed by atoms with van der Waals surface area (Å²) in [5, 5.41) is 4.15. The fourth-order valence-electron chi connectivity index (χ4n) is 1.96. The minimum Gasteiger partial charge on any atom is -0.452 e. The van der Waals surface area contributed by atoms with E-state index in [1.807, 2.05) is 33.0 Å². The smallest absolute Gasteiger partial charge is 0.340 e. The summed E-state index contributed by atoms with van der Waals surface area (Å²) in [6.45, 7) is 7.17. The summed E-state index contributed by atoms with van der Waals surface area (Å²) in [6.07, 6.45) is 0. The van der Waals surface area contributed by atoms with Crippen LogP contribution >= 0.6 is 23.2 Å². The monoisotopic (exact) mass is 481 g/mol. The van der Waals surface area contributed by atoms with Crippen molar-refractivity contribution in [1.82, 2.24) is 15.4 Å². The molecule has 0 aliphatic carbocycles. The van der Waals surface area contributed by atoms with Crippen molar-refractivity contribution in [2.45, 2.75) is 32.6 Å². The molecule has 1 rings (SSSR count). The van der Waals surface area contributed by atoms with E-state index in [9.17, 15) is 22.8 Å². The Hall–Kier alpha value is -1.88. The zero-order chi connectivity index (χ0) is 23.1. The predicted molar refractivity (Wildman–Crippen MR) is 113 cm³/mol. The van der Waals surface area contributed by atoms with Crippen LogP contribution in [0.3, 0.4) is 0 Å². The van der Waals surface area contributed by atoms with E-state index in [1.54, 1.807) is 0 Å². The number of benzene rings is 1. The topological polar surface area (TPSA) is 131 Å². The first-order chi connectivity index (χ1) is 13.8. The van der Waals surface area contributed by atoms with Crippen molar-refractivity contribution in [3.63, 3.8) is 0 Å². The molecule has 0 bridgehead atoms. The first-order valence-corrected chi connectivity index (χ1v) is 11.3. The quantitative estimate of drug-likeness (QED) is 0.464. The second-order valence-electron chi connectivity index (χ2n) is 7.24. The van der Waals surface area contributed by atoms with Gasteiger partial charge in [0, 0.05) is 13.1 Å². The van der Waals surface area contributed by atoms with E-state index in [0.717, 1.165) is 12.1 Å². The Labute approximate surface area is 185 Å². The third kappa shape index (κ3) is 8.47. The van der Waals surface area contributed by atoms with Crippen molar-refractivity contribution in [2.75, 3.05) is 19.7 Å². The number of hydrogen-bond acceptors (Lipinski definition) is 6. The molecule has 0 aliphatic heterocycles. The maximum Gasteiger partial charge on any atom is 0.340 e. The van der Waals surface area contributed by atoms with E-state index in [-0.39, 0.29) is 38.9 Å². The van der Waals surface area contributed by atoms with Crippen molar-refractivity contribution < 1.29 is 27.5 Å².